The third-order valence-electron chi connectivity index (χ3n) is 3.11. The van der Waals surface area contributed by atoms with E-state index in [0.29, 0.717) is 17.2 Å². The molecule has 5 nitrogen and oxygen atoms in total. The van der Waals surface area contributed by atoms with Crippen molar-refractivity contribution < 1.29 is 14.3 Å². The van der Waals surface area contributed by atoms with Crippen LogP contribution in [-0.4, -0.2) is 20.1 Å². The molecule has 1 amide bonds. The van der Waals surface area contributed by atoms with Crippen molar-refractivity contribution in [3.63, 3.8) is 0 Å². The Morgan fingerprint density at radius 1 is 1.10 bits per heavy atom. The summed E-state index contributed by atoms with van der Waals surface area (Å²) in [5.74, 6) is 0.866. The standard InChI is InChI=1S/C16H18N2O3/c1-20-12-8-9-13(14(10-12)21-2)18-16(19)15(17)11-6-4-3-5-7-11/h3-10,15H,17H2,1-2H3,(H,18,19)/t15-/m0/s1. The Morgan fingerprint density at radius 3 is 2.43 bits per heavy atom. The zero-order valence-corrected chi connectivity index (χ0v) is 12.0. The summed E-state index contributed by atoms with van der Waals surface area (Å²) in [5.41, 5.74) is 7.26. The average Bonchev–Trinajstić information content (AvgIpc) is 2.55. The minimum absolute atomic E-state index is 0.301. The second-order valence-electron chi connectivity index (χ2n) is 4.44. The van der Waals surface area contributed by atoms with E-state index in [1.54, 1.807) is 25.3 Å². The van der Waals surface area contributed by atoms with E-state index in [0.717, 1.165) is 5.56 Å². The van der Waals surface area contributed by atoms with Crippen LogP contribution in [0.25, 0.3) is 0 Å². The normalized spacial score (nSPS) is 11.6. The van der Waals surface area contributed by atoms with Crippen molar-refractivity contribution in [2.75, 3.05) is 19.5 Å². The van der Waals surface area contributed by atoms with Crippen LogP contribution in [0.1, 0.15) is 11.6 Å². The number of carbonyl (C=O) groups is 1. The minimum Gasteiger partial charge on any atom is -0.497 e. The first-order valence-electron chi connectivity index (χ1n) is 6.49. The lowest BCUT2D eigenvalue weighted by molar-refractivity contribution is -0.117. The molecule has 0 aliphatic rings. The Hall–Kier alpha value is -2.53. The summed E-state index contributed by atoms with van der Waals surface area (Å²) >= 11 is 0. The van der Waals surface area contributed by atoms with Crippen LogP contribution in [0, 0.1) is 0 Å². The highest BCUT2D eigenvalue weighted by Gasteiger charge is 2.17. The number of hydrogen-bond donors (Lipinski definition) is 2. The lowest BCUT2D eigenvalue weighted by Crippen LogP contribution is -2.27. The maximum Gasteiger partial charge on any atom is 0.245 e. The predicted molar refractivity (Wildman–Crippen MR) is 81.5 cm³/mol. The van der Waals surface area contributed by atoms with Crippen LogP contribution in [0.4, 0.5) is 5.69 Å². The predicted octanol–water partition coefficient (Wildman–Crippen LogP) is 2.34. The number of amides is 1. The summed E-state index contributed by atoms with van der Waals surface area (Å²) in [5, 5.41) is 2.77. The Labute approximate surface area is 123 Å². The van der Waals surface area contributed by atoms with E-state index in [4.69, 9.17) is 15.2 Å². The lowest BCUT2D eigenvalue weighted by Gasteiger charge is -2.15. The number of nitrogens with one attached hydrogen (secondary N) is 1. The molecule has 0 spiro atoms. The maximum absolute atomic E-state index is 12.2. The van der Waals surface area contributed by atoms with E-state index < -0.39 is 6.04 Å². The molecule has 0 heterocycles. The molecule has 0 fully saturated rings. The van der Waals surface area contributed by atoms with Gasteiger partial charge in [0.1, 0.15) is 17.5 Å². The third-order valence-corrected chi connectivity index (χ3v) is 3.11. The fourth-order valence-electron chi connectivity index (χ4n) is 1.92. The molecule has 1 atom stereocenters. The van der Waals surface area contributed by atoms with Gasteiger partial charge in [0.05, 0.1) is 19.9 Å². The molecule has 110 valence electrons. The van der Waals surface area contributed by atoms with Gasteiger partial charge in [-0.1, -0.05) is 30.3 Å². The summed E-state index contributed by atoms with van der Waals surface area (Å²) in [6.45, 7) is 0. The van der Waals surface area contributed by atoms with Crippen molar-refractivity contribution in [3.05, 3.63) is 54.1 Å². The molecule has 2 aromatic rings. The second kappa shape index (κ2) is 6.76. The Morgan fingerprint density at radius 2 is 1.81 bits per heavy atom. The SMILES string of the molecule is COc1ccc(NC(=O)[C@@H](N)c2ccccc2)c(OC)c1. The summed E-state index contributed by atoms with van der Waals surface area (Å²) < 4.78 is 10.4. The van der Waals surface area contributed by atoms with E-state index in [2.05, 4.69) is 5.32 Å². The molecule has 0 aliphatic carbocycles. The molecule has 0 saturated carbocycles. The van der Waals surface area contributed by atoms with Crippen LogP contribution < -0.4 is 20.5 Å². The number of ether oxygens (including phenoxy) is 2. The quantitative estimate of drug-likeness (QED) is 0.884. The number of hydrogen-bond acceptors (Lipinski definition) is 4. The van der Waals surface area contributed by atoms with Crippen molar-refractivity contribution in [1.82, 2.24) is 0 Å². The zero-order valence-electron chi connectivity index (χ0n) is 12.0. The van der Waals surface area contributed by atoms with Crippen molar-refractivity contribution in [2.45, 2.75) is 6.04 Å². The van der Waals surface area contributed by atoms with Crippen molar-refractivity contribution in [3.8, 4) is 11.5 Å². The number of carbonyl (C=O) groups excluding carboxylic acids is 1. The van der Waals surface area contributed by atoms with Crippen LogP contribution >= 0.6 is 0 Å². The van der Waals surface area contributed by atoms with Gasteiger partial charge in [-0.2, -0.15) is 0 Å². The summed E-state index contributed by atoms with van der Waals surface area (Å²) in [4.78, 5) is 12.2. The van der Waals surface area contributed by atoms with Gasteiger partial charge < -0.3 is 20.5 Å². The van der Waals surface area contributed by atoms with Crippen LogP contribution in [0.2, 0.25) is 0 Å². The van der Waals surface area contributed by atoms with Gasteiger partial charge in [0.25, 0.3) is 0 Å². The monoisotopic (exact) mass is 286 g/mol. The first-order valence-corrected chi connectivity index (χ1v) is 6.49. The molecule has 2 aromatic carbocycles. The van der Waals surface area contributed by atoms with Gasteiger partial charge in [-0.3, -0.25) is 4.79 Å². The van der Waals surface area contributed by atoms with E-state index in [1.165, 1.54) is 7.11 Å². The van der Waals surface area contributed by atoms with Gasteiger partial charge in [0.15, 0.2) is 0 Å². The number of rotatable bonds is 5. The molecule has 0 unspecified atom stereocenters. The van der Waals surface area contributed by atoms with E-state index in [1.807, 2.05) is 30.3 Å². The first kappa shape index (κ1) is 14.9. The van der Waals surface area contributed by atoms with Gasteiger partial charge in [0, 0.05) is 6.07 Å². The van der Waals surface area contributed by atoms with Gasteiger partial charge in [-0.05, 0) is 17.7 Å². The number of nitrogens with two attached hydrogens (primary N) is 1. The number of benzene rings is 2. The van der Waals surface area contributed by atoms with Crippen LogP contribution in [-0.2, 0) is 4.79 Å². The number of anilines is 1. The Bertz CT molecular complexity index is 614. The van der Waals surface area contributed by atoms with Gasteiger partial charge >= 0.3 is 0 Å². The largest absolute Gasteiger partial charge is 0.497 e. The molecule has 0 bridgehead atoms. The maximum atomic E-state index is 12.2. The second-order valence-corrected chi connectivity index (χ2v) is 4.44. The van der Waals surface area contributed by atoms with E-state index >= 15 is 0 Å². The highest BCUT2D eigenvalue weighted by atomic mass is 16.5. The topological polar surface area (TPSA) is 73.6 Å². The van der Waals surface area contributed by atoms with Gasteiger partial charge in [-0.15, -0.1) is 0 Å². The molecule has 2 rings (SSSR count). The van der Waals surface area contributed by atoms with E-state index in [9.17, 15) is 4.79 Å². The molecule has 0 radical (unpaired) electrons. The molecule has 5 heteroatoms. The number of methoxy groups -OCH3 is 2. The van der Waals surface area contributed by atoms with Crippen LogP contribution in [0.3, 0.4) is 0 Å². The average molecular weight is 286 g/mol. The molecular weight excluding hydrogens is 268 g/mol. The molecular formula is C16H18N2O3. The van der Waals surface area contributed by atoms with Crippen molar-refractivity contribution >= 4 is 11.6 Å². The Balaban J connectivity index is 2.16. The summed E-state index contributed by atoms with van der Waals surface area (Å²) in [7, 11) is 3.10. The van der Waals surface area contributed by atoms with Crippen molar-refractivity contribution in [2.24, 2.45) is 5.73 Å². The van der Waals surface area contributed by atoms with E-state index in [-0.39, 0.29) is 5.91 Å². The lowest BCUT2D eigenvalue weighted by atomic mass is 10.1. The minimum atomic E-state index is -0.738. The fraction of sp³-hybridized carbons (Fsp3) is 0.188. The fourth-order valence-corrected chi connectivity index (χ4v) is 1.92. The summed E-state index contributed by atoms with van der Waals surface area (Å²) in [6.07, 6.45) is 0. The highest BCUT2D eigenvalue weighted by molar-refractivity contribution is 5.96. The smallest absolute Gasteiger partial charge is 0.245 e. The molecule has 0 saturated heterocycles. The molecule has 0 aliphatic heterocycles. The van der Waals surface area contributed by atoms with Gasteiger partial charge in [0.2, 0.25) is 5.91 Å². The van der Waals surface area contributed by atoms with Gasteiger partial charge in [-0.25, -0.2) is 0 Å². The Kier molecular flexibility index (Phi) is 4.79. The third kappa shape index (κ3) is 3.52. The highest BCUT2D eigenvalue weighted by Crippen LogP contribution is 2.29. The van der Waals surface area contributed by atoms with Crippen molar-refractivity contribution in [1.29, 1.82) is 0 Å². The summed E-state index contributed by atoms with van der Waals surface area (Å²) in [6, 6.07) is 13.6. The first-order chi connectivity index (χ1) is 10.2. The molecule has 3 N–H and O–H groups in total. The zero-order chi connectivity index (χ0) is 15.2. The van der Waals surface area contributed by atoms with Crippen LogP contribution in [0.5, 0.6) is 11.5 Å². The molecule has 0 aromatic heterocycles. The molecule has 21 heavy (non-hydrogen) atoms. The van der Waals surface area contributed by atoms with Crippen LogP contribution in [0.15, 0.2) is 48.5 Å².